The van der Waals surface area contributed by atoms with Gasteiger partial charge in [-0.15, -0.1) is 10.2 Å². The monoisotopic (exact) mass is 504 g/mol. The Balaban J connectivity index is 1.41. The van der Waals surface area contributed by atoms with E-state index in [0.717, 1.165) is 6.42 Å². The van der Waals surface area contributed by atoms with Crippen LogP contribution in [0.3, 0.4) is 0 Å². The Bertz CT molecular complexity index is 1280. The summed E-state index contributed by atoms with van der Waals surface area (Å²) in [5.41, 5.74) is 2.73. The van der Waals surface area contributed by atoms with Crippen molar-refractivity contribution in [2.75, 3.05) is 11.9 Å². The van der Waals surface area contributed by atoms with Gasteiger partial charge in [0.1, 0.15) is 5.82 Å². The highest BCUT2D eigenvalue weighted by Gasteiger charge is 2.33. The largest absolute Gasteiger partial charge is 0.421 e. The minimum Gasteiger partial charge on any atom is -0.421 e. The van der Waals surface area contributed by atoms with E-state index in [4.69, 9.17) is 4.42 Å². The zero-order valence-electron chi connectivity index (χ0n) is 21.6. The Kier molecular flexibility index (Phi) is 8.16. The summed E-state index contributed by atoms with van der Waals surface area (Å²) in [6.45, 7) is 8.49. The van der Waals surface area contributed by atoms with E-state index in [0.29, 0.717) is 47.5 Å². The van der Waals surface area contributed by atoms with Crippen LogP contribution in [0.15, 0.2) is 64.6 Å². The number of nitrogens with zero attached hydrogens (tertiary/aromatic N) is 2. The van der Waals surface area contributed by atoms with Gasteiger partial charge in [-0.3, -0.25) is 9.59 Å². The van der Waals surface area contributed by atoms with E-state index in [-0.39, 0.29) is 35.4 Å². The fraction of sp³-hybridized carbons (Fsp3) is 0.379. The summed E-state index contributed by atoms with van der Waals surface area (Å²) in [6.07, 6.45) is 3.78. The zero-order valence-corrected chi connectivity index (χ0v) is 21.6. The normalized spacial score (nSPS) is 19.4. The van der Waals surface area contributed by atoms with Gasteiger partial charge in [-0.1, -0.05) is 37.6 Å². The quantitative estimate of drug-likeness (QED) is 0.386. The van der Waals surface area contributed by atoms with Crippen molar-refractivity contribution < 1.29 is 18.4 Å². The summed E-state index contributed by atoms with van der Waals surface area (Å²) in [4.78, 5) is 24.0. The molecule has 3 atom stereocenters. The predicted octanol–water partition coefficient (Wildman–Crippen LogP) is 5.66. The molecule has 194 valence electrons. The van der Waals surface area contributed by atoms with Gasteiger partial charge in [0.15, 0.2) is 0 Å². The first-order valence-electron chi connectivity index (χ1n) is 12.6. The van der Waals surface area contributed by atoms with Gasteiger partial charge in [0.2, 0.25) is 11.8 Å². The summed E-state index contributed by atoms with van der Waals surface area (Å²) in [5, 5.41) is 14.0. The highest BCUT2D eigenvalue weighted by atomic mass is 19.1. The summed E-state index contributed by atoms with van der Waals surface area (Å²) in [6, 6.07) is 13.2. The summed E-state index contributed by atoms with van der Waals surface area (Å²) < 4.78 is 19.9. The summed E-state index contributed by atoms with van der Waals surface area (Å²) >= 11 is 0. The molecule has 3 aromatic rings. The lowest BCUT2D eigenvalue weighted by Gasteiger charge is -2.37. The smallest absolute Gasteiger partial charge is 0.251 e. The van der Waals surface area contributed by atoms with Gasteiger partial charge >= 0.3 is 0 Å². The first-order chi connectivity index (χ1) is 17.7. The second-order valence-corrected chi connectivity index (χ2v) is 10.1. The van der Waals surface area contributed by atoms with Crippen molar-refractivity contribution in [3.05, 3.63) is 77.5 Å². The molecule has 2 amide bonds. The molecule has 7 nitrogen and oxygen atoms in total. The second kappa shape index (κ2) is 11.5. The molecular formula is C29H33FN4O3. The number of allylic oxidation sites excluding steroid dienone is 1. The van der Waals surface area contributed by atoms with E-state index in [1.54, 1.807) is 42.5 Å². The molecule has 0 aliphatic heterocycles. The molecule has 0 unspecified atom stereocenters. The van der Waals surface area contributed by atoms with Crippen LogP contribution in [0, 0.1) is 29.5 Å². The van der Waals surface area contributed by atoms with Crippen molar-refractivity contribution in [1.29, 1.82) is 0 Å². The molecule has 0 spiro atoms. The van der Waals surface area contributed by atoms with Crippen LogP contribution in [0.5, 0.6) is 0 Å². The van der Waals surface area contributed by atoms with Crippen LogP contribution >= 0.6 is 0 Å². The Morgan fingerprint density at radius 1 is 1.11 bits per heavy atom. The Labute approximate surface area is 216 Å². The fourth-order valence-corrected chi connectivity index (χ4v) is 5.02. The van der Waals surface area contributed by atoms with E-state index >= 15 is 0 Å². The van der Waals surface area contributed by atoms with Crippen LogP contribution in [0.25, 0.3) is 11.5 Å². The van der Waals surface area contributed by atoms with Gasteiger partial charge in [0, 0.05) is 31.1 Å². The maximum absolute atomic E-state index is 14.1. The molecule has 0 radical (unpaired) electrons. The maximum Gasteiger partial charge on any atom is 0.251 e. The lowest BCUT2D eigenvalue weighted by atomic mass is 9.70. The molecule has 37 heavy (non-hydrogen) atoms. The van der Waals surface area contributed by atoms with Gasteiger partial charge in [0.05, 0.1) is 5.56 Å². The molecule has 1 aliphatic carbocycles. The number of hydrogen-bond acceptors (Lipinski definition) is 5. The van der Waals surface area contributed by atoms with Gasteiger partial charge in [-0.2, -0.15) is 0 Å². The van der Waals surface area contributed by atoms with E-state index in [1.165, 1.54) is 18.6 Å². The average molecular weight is 505 g/mol. The molecule has 0 fully saturated rings. The van der Waals surface area contributed by atoms with E-state index < -0.39 is 0 Å². The number of hydrogen-bond donors (Lipinski definition) is 2. The van der Waals surface area contributed by atoms with Crippen LogP contribution in [0.2, 0.25) is 0 Å². The summed E-state index contributed by atoms with van der Waals surface area (Å²) in [5.74, 6) is 1.22. The minimum absolute atomic E-state index is 0.142. The van der Waals surface area contributed by atoms with Gasteiger partial charge < -0.3 is 15.1 Å². The highest BCUT2D eigenvalue weighted by Crippen LogP contribution is 2.39. The maximum atomic E-state index is 14.1. The van der Waals surface area contributed by atoms with Gasteiger partial charge in [0.25, 0.3) is 11.8 Å². The number of anilines is 1. The van der Waals surface area contributed by atoms with Crippen molar-refractivity contribution in [1.82, 2.24) is 15.5 Å². The van der Waals surface area contributed by atoms with Gasteiger partial charge in [-0.05, 0) is 73.4 Å². The number of carbonyl (C=O) groups excluding carboxylic acids is 2. The van der Waals surface area contributed by atoms with Crippen LogP contribution in [0.1, 0.15) is 50.4 Å². The Morgan fingerprint density at radius 3 is 2.51 bits per heavy atom. The molecule has 0 saturated heterocycles. The van der Waals surface area contributed by atoms with E-state index in [9.17, 15) is 14.0 Å². The number of rotatable bonds is 8. The minimum atomic E-state index is -0.389. The van der Waals surface area contributed by atoms with Crippen LogP contribution in [-0.4, -0.2) is 28.6 Å². The van der Waals surface area contributed by atoms with Gasteiger partial charge in [-0.25, -0.2) is 4.39 Å². The van der Waals surface area contributed by atoms with Crippen LogP contribution < -0.4 is 10.6 Å². The molecule has 1 aromatic heterocycles. The number of halogens is 1. The number of carbonyl (C=O) groups is 2. The molecule has 0 bridgehead atoms. The van der Waals surface area contributed by atoms with E-state index in [2.05, 4.69) is 47.7 Å². The first-order valence-corrected chi connectivity index (χ1v) is 12.6. The molecule has 0 saturated carbocycles. The van der Waals surface area contributed by atoms with Crippen molar-refractivity contribution in [2.45, 2.75) is 40.5 Å². The van der Waals surface area contributed by atoms with Crippen molar-refractivity contribution in [3.63, 3.8) is 0 Å². The zero-order chi connectivity index (χ0) is 26.5. The van der Waals surface area contributed by atoms with Crippen molar-refractivity contribution in [2.24, 2.45) is 23.7 Å². The Morgan fingerprint density at radius 2 is 1.84 bits per heavy atom. The third-order valence-corrected chi connectivity index (χ3v) is 7.04. The topological polar surface area (TPSA) is 97.1 Å². The number of amides is 2. The highest BCUT2D eigenvalue weighted by molar-refractivity contribution is 5.95. The standard InChI is InChI=1S/C29H33FN4O3/c1-17(2)25-14-21(15-27-33-34-29(37-27)24-7-5-6-8-26(24)30)18(3)13-22(25)16-31-28(36)20-9-11-23(12-10-20)32-19(4)35/h5-13,17,21-22,25H,14-16H2,1-4H3,(H,31,36)(H,32,35)/t21-,22-,25-/m0/s1. The molecule has 2 aromatic carbocycles. The molecule has 4 rings (SSSR count). The molecule has 2 N–H and O–H groups in total. The second-order valence-electron chi connectivity index (χ2n) is 10.1. The lowest BCUT2D eigenvalue weighted by Crippen LogP contribution is -2.37. The molecule has 1 aliphatic rings. The fourth-order valence-electron chi connectivity index (χ4n) is 5.02. The molecular weight excluding hydrogens is 471 g/mol. The first kappa shape index (κ1) is 26.3. The molecule has 1 heterocycles. The van der Waals surface area contributed by atoms with Crippen molar-refractivity contribution in [3.8, 4) is 11.5 Å². The van der Waals surface area contributed by atoms with Crippen LogP contribution in [0.4, 0.5) is 10.1 Å². The Hall–Kier alpha value is -3.81. The average Bonchev–Trinajstić information content (AvgIpc) is 3.32. The third-order valence-electron chi connectivity index (χ3n) is 7.04. The van der Waals surface area contributed by atoms with E-state index in [1.807, 2.05) is 0 Å². The summed E-state index contributed by atoms with van der Waals surface area (Å²) in [7, 11) is 0. The lowest BCUT2D eigenvalue weighted by molar-refractivity contribution is -0.114. The number of aromatic nitrogens is 2. The number of benzene rings is 2. The predicted molar refractivity (Wildman–Crippen MR) is 140 cm³/mol. The third kappa shape index (κ3) is 6.50. The molecule has 8 heteroatoms. The number of nitrogens with one attached hydrogen (secondary N) is 2. The SMILES string of the molecule is CC(=O)Nc1ccc(C(=O)NC[C@@H]2C=C(C)[C@H](Cc3nnc(-c4ccccc4F)o3)C[C@H]2C(C)C)cc1. The van der Waals surface area contributed by atoms with Crippen LogP contribution in [-0.2, 0) is 11.2 Å². The van der Waals surface area contributed by atoms with Crippen molar-refractivity contribution >= 4 is 17.5 Å².